The van der Waals surface area contributed by atoms with Crippen LogP contribution in [0, 0.1) is 0 Å². The summed E-state index contributed by atoms with van der Waals surface area (Å²) in [5.74, 6) is -1.53. The zero-order valence-electron chi connectivity index (χ0n) is 14.9. The highest BCUT2D eigenvalue weighted by molar-refractivity contribution is 9.10. The Labute approximate surface area is 166 Å². The number of carbonyl (C=O) groups excluding carboxylic acids is 2. The fourth-order valence-corrected chi connectivity index (χ4v) is 3.98. The number of ether oxygens (including phenoxy) is 2. The number of methoxy groups -OCH3 is 2. The molecule has 0 saturated carbocycles. The Bertz CT molecular complexity index is 956. The SMILES string of the molecule is COC(=O)c1ccc(C(=O)OC)c(S(=O)(=O)N(C)Cc2ccc(Br)cc2)c1. The van der Waals surface area contributed by atoms with Crippen LogP contribution in [0.5, 0.6) is 0 Å². The highest BCUT2D eigenvalue weighted by atomic mass is 79.9. The van der Waals surface area contributed by atoms with Gasteiger partial charge in [-0.3, -0.25) is 0 Å². The lowest BCUT2D eigenvalue weighted by Gasteiger charge is -2.19. The molecule has 144 valence electrons. The maximum absolute atomic E-state index is 13.1. The minimum Gasteiger partial charge on any atom is -0.465 e. The van der Waals surface area contributed by atoms with Gasteiger partial charge in [0.25, 0.3) is 0 Å². The molecule has 0 spiro atoms. The number of sulfonamides is 1. The molecule has 0 fully saturated rings. The Hall–Kier alpha value is -2.23. The first-order valence-electron chi connectivity index (χ1n) is 7.72. The van der Waals surface area contributed by atoms with Gasteiger partial charge in [0.1, 0.15) is 0 Å². The molecule has 9 heteroatoms. The summed E-state index contributed by atoms with van der Waals surface area (Å²) in [6.45, 7) is 0.0820. The molecule has 2 aromatic carbocycles. The molecule has 0 N–H and O–H groups in total. The first kappa shape index (κ1) is 21.1. The van der Waals surface area contributed by atoms with Crippen LogP contribution in [0.2, 0.25) is 0 Å². The zero-order valence-corrected chi connectivity index (χ0v) is 17.3. The minimum absolute atomic E-state index is 0.0146. The first-order chi connectivity index (χ1) is 12.7. The summed E-state index contributed by atoms with van der Waals surface area (Å²) in [6, 6.07) is 10.8. The van der Waals surface area contributed by atoms with Crippen LogP contribution in [0.1, 0.15) is 26.3 Å². The van der Waals surface area contributed by atoms with Gasteiger partial charge in [0.2, 0.25) is 10.0 Å². The van der Waals surface area contributed by atoms with Gasteiger partial charge in [0.15, 0.2) is 0 Å². The molecular weight excluding hydrogens is 438 g/mol. The lowest BCUT2D eigenvalue weighted by Crippen LogP contribution is -2.28. The van der Waals surface area contributed by atoms with E-state index in [4.69, 9.17) is 0 Å². The van der Waals surface area contributed by atoms with Gasteiger partial charge in [0.05, 0.1) is 30.2 Å². The Morgan fingerprint density at radius 1 is 1.00 bits per heavy atom. The monoisotopic (exact) mass is 455 g/mol. The lowest BCUT2D eigenvalue weighted by molar-refractivity contribution is 0.0583. The van der Waals surface area contributed by atoms with Crippen molar-refractivity contribution in [2.24, 2.45) is 0 Å². The van der Waals surface area contributed by atoms with Crippen molar-refractivity contribution in [1.82, 2.24) is 4.31 Å². The average Bonchev–Trinajstić information content (AvgIpc) is 2.67. The van der Waals surface area contributed by atoms with Gasteiger partial charge in [-0.2, -0.15) is 4.31 Å². The van der Waals surface area contributed by atoms with Crippen molar-refractivity contribution in [2.45, 2.75) is 11.4 Å². The summed E-state index contributed by atoms with van der Waals surface area (Å²) in [6.07, 6.45) is 0. The molecule has 0 saturated heterocycles. The summed E-state index contributed by atoms with van der Waals surface area (Å²) in [5, 5.41) is 0. The molecule has 0 unspecified atom stereocenters. The molecule has 0 aliphatic rings. The van der Waals surface area contributed by atoms with Gasteiger partial charge >= 0.3 is 11.9 Å². The van der Waals surface area contributed by atoms with Crippen molar-refractivity contribution < 1.29 is 27.5 Å². The van der Waals surface area contributed by atoms with Crippen LogP contribution in [0.3, 0.4) is 0 Å². The van der Waals surface area contributed by atoms with Crippen molar-refractivity contribution in [3.63, 3.8) is 0 Å². The number of benzene rings is 2. The second kappa shape index (κ2) is 8.64. The predicted octanol–water partition coefficient (Wildman–Crippen LogP) is 2.84. The van der Waals surface area contributed by atoms with E-state index < -0.39 is 22.0 Å². The van der Waals surface area contributed by atoms with Crippen molar-refractivity contribution in [2.75, 3.05) is 21.3 Å². The van der Waals surface area contributed by atoms with Crippen LogP contribution in [0.4, 0.5) is 0 Å². The quantitative estimate of drug-likeness (QED) is 0.622. The highest BCUT2D eigenvalue weighted by Gasteiger charge is 2.28. The maximum atomic E-state index is 13.1. The van der Waals surface area contributed by atoms with E-state index in [0.717, 1.165) is 27.5 Å². The van der Waals surface area contributed by atoms with Gasteiger partial charge in [-0.1, -0.05) is 28.1 Å². The molecule has 0 amide bonds. The number of rotatable bonds is 6. The van der Waals surface area contributed by atoms with Crippen LogP contribution < -0.4 is 0 Å². The van der Waals surface area contributed by atoms with Gasteiger partial charge in [0, 0.05) is 18.1 Å². The third-order valence-corrected chi connectivity index (χ3v) is 6.19. The van der Waals surface area contributed by atoms with Crippen LogP contribution in [-0.2, 0) is 26.0 Å². The van der Waals surface area contributed by atoms with Crippen LogP contribution in [0.15, 0.2) is 51.8 Å². The standard InChI is InChI=1S/C18H18BrNO6S/c1-20(11-12-4-7-14(19)8-5-12)27(23,24)16-10-13(17(21)25-2)6-9-15(16)18(22)26-3/h4-10H,11H2,1-3H3. The predicted molar refractivity (Wildman–Crippen MR) is 102 cm³/mol. The van der Waals surface area contributed by atoms with Gasteiger partial charge in [-0.25, -0.2) is 18.0 Å². The normalized spacial score (nSPS) is 11.3. The molecule has 0 atom stereocenters. The largest absolute Gasteiger partial charge is 0.465 e. The summed E-state index contributed by atoms with van der Waals surface area (Å²) in [4.78, 5) is 23.5. The third-order valence-electron chi connectivity index (χ3n) is 3.81. The molecule has 2 aromatic rings. The molecular formula is C18H18BrNO6S. The maximum Gasteiger partial charge on any atom is 0.339 e. The number of esters is 2. The third kappa shape index (κ3) is 4.74. The molecule has 2 rings (SSSR count). The van der Waals surface area contributed by atoms with Crippen molar-refractivity contribution in [3.8, 4) is 0 Å². The summed E-state index contributed by atoms with van der Waals surface area (Å²) in [5.41, 5.74) is 0.613. The van der Waals surface area contributed by atoms with E-state index in [0.29, 0.717) is 0 Å². The molecule has 0 aromatic heterocycles. The average molecular weight is 456 g/mol. The van der Waals surface area contributed by atoms with Gasteiger partial charge in [-0.05, 0) is 35.9 Å². The van der Waals surface area contributed by atoms with E-state index in [9.17, 15) is 18.0 Å². The topological polar surface area (TPSA) is 90.0 Å². The van der Waals surface area contributed by atoms with Gasteiger partial charge in [-0.15, -0.1) is 0 Å². The fraction of sp³-hybridized carbons (Fsp3) is 0.222. The van der Waals surface area contributed by atoms with E-state index in [1.165, 1.54) is 26.3 Å². The van der Waals surface area contributed by atoms with E-state index in [1.807, 2.05) is 0 Å². The molecule has 0 radical (unpaired) electrons. The van der Waals surface area contributed by atoms with E-state index in [1.54, 1.807) is 24.3 Å². The van der Waals surface area contributed by atoms with Crippen molar-refractivity contribution in [1.29, 1.82) is 0 Å². The molecule has 27 heavy (non-hydrogen) atoms. The molecule has 7 nitrogen and oxygen atoms in total. The van der Waals surface area contributed by atoms with Crippen LogP contribution >= 0.6 is 15.9 Å². The number of hydrogen-bond acceptors (Lipinski definition) is 6. The second-order valence-electron chi connectivity index (χ2n) is 5.58. The number of halogens is 1. The number of nitrogens with zero attached hydrogens (tertiary/aromatic N) is 1. The molecule has 0 aliphatic heterocycles. The zero-order chi connectivity index (χ0) is 20.2. The fourth-order valence-electron chi connectivity index (χ4n) is 2.36. The summed E-state index contributed by atoms with van der Waals surface area (Å²) < 4.78 is 37.4. The Morgan fingerprint density at radius 3 is 2.15 bits per heavy atom. The van der Waals surface area contributed by atoms with Gasteiger partial charge < -0.3 is 9.47 Å². The van der Waals surface area contributed by atoms with Crippen LogP contribution in [-0.4, -0.2) is 45.9 Å². The van der Waals surface area contributed by atoms with E-state index in [-0.39, 0.29) is 22.6 Å². The van der Waals surface area contributed by atoms with E-state index >= 15 is 0 Å². The number of hydrogen-bond donors (Lipinski definition) is 0. The first-order valence-corrected chi connectivity index (χ1v) is 9.95. The van der Waals surface area contributed by atoms with Crippen molar-refractivity contribution in [3.05, 3.63) is 63.6 Å². The van der Waals surface area contributed by atoms with Crippen molar-refractivity contribution >= 4 is 37.9 Å². The summed E-state index contributed by atoms with van der Waals surface area (Å²) >= 11 is 3.32. The van der Waals surface area contributed by atoms with Crippen LogP contribution in [0.25, 0.3) is 0 Å². The molecule has 0 aliphatic carbocycles. The Balaban J connectivity index is 2.49. The minimum atomic E-state index is -4.08. The Morgan fingerprint density at radius 2 is 1.59 bits per heavy atom. The Kier molecular flexibility index (Phi) is 6.74. The van der Waals surface area contributed by atoms with E-state index in [2.05, 4.69) is 25.4 Å². The smallest absolute Gasteiger partial charge is 0.339 e. The molecule has 0 bridgehead atoms. The summed E-state index contributed by atoms with van der Waals surface area (Å²) in [7, 11) is -0.356. The number of carbonyl (C=O) groups is 2. The second-order valence-corrected chi connectivity index (χ2v) is 8.51. The lowest BCUT2D eigenvalue weighted by atomic mass is 10.1. The highest BCUT2D eigenvalue weighted by Crippen LogP contribution is 2.24. The molecule has 0 heterocycles.